The highest BCUT2D eigenvalue weighted by Gasteiger charge is 2.18. The Hall–Kier alpha value is -1.20. The van der Waals surface area contributed by atoms with Gasteiger partial charge in [0.05, 0.1) is 22.0 Å². The number of rotatable bonds is 3. The molecule has 0 bridgehead atoms. The molecule has 0 amide bonds. The van der Waals surface area contributed by atoms with Crippen LogP contribution in [0.25, 0.3) is 0 Å². The van der Waals surface area contributed by atoms with E-state index in [1.54, 1.807) is 4.68 Å². The highest BCUT2D eigenvalue weighted by molar-refractivity contribution is 9.10. The fraction of sp³-hybridized carbons (Fsp3) is 0.429. The predicted octanol–water partition coefficient (Wildman–Crippen LogP) is 2.78. The SMILES string of the molecule is Cc1ccc(C(O)Cc2c(Br)c(C)nn2C)c(C)n1. The van der Waals surface area contributed by atoms with Crippen molar-refractivity contribution in [2.45, 2.75) is 33.3 Å². The molecule has 102 valence electrons. The van der Waals surface area contributed by atoms with Gasteiger partial charge in [0.2, 0.25) is 0 Å². The number of aliphatic hydroxyl groups is 1. The van der Waals surface area contributed by atoms with E-state index in [1.807, 2.05) is 40.0 Å². The molecule has 0 radical (unpaired) electrons. The van der Waals surface area contributed by atoms with E-state index in [9.17, 15) is 5.11 Å². The molecule has 19 heavy (non-hydrogen) atoms. The van der Waals surface area contributed by atoms with E-state index in [4.69, 9.17) is 0 Å². The quantitative estimate of drug-likeness (QED) is 0.944. The molecule has 2 aromatic rings. The lowest BCUT2D eigenvalue weighted by Gasteiger charge is -2.14. The lowest BCUT2D eigenvalue weighted by atomic mass is 10.0. The van der Waals surface area contributed by atoms with Crippen molar-refractivity contribution >= 4 is 15.9 Å². The Morgan fingerprint density at radius 2 is 1.95 bits per heavy atom. The summed E-state index contributed by atoms with van der Waals surface area (Å²) >= 11 is 3.52. The van der Waals surface area contributed by atoms with Crippen molar-refractivity contribution in [1.29, 1.82) is 0 Å². The fourth-order valence-corrected chi connectivity index (χ4v) is 2.74. The van der Waals surface area contributed by atoms with Crippen molar-refractivity contribution in [2.24, 2.45) is 7.05 Å². The Morgan fingerprint density at radius 3 is 2.47 bits per heavy atom. The second-order valence-electron chi connectivity index (χ2n) is 4.82. The highest BCUT2D eigenvalue weighted by atomic mass is 79.9. The first-order valence-corrected chi connectivity index (χ1v) is 6.99. The minimum Gasteiger partial charge on any atom is -0.388 e. The van der Waals surface area contributed by atoms with Crippen LogP contribution in [-0.4, -0.2) is 19.9 Å². The van der Waals surface area contributed by atoms with Crippen LogP contribution >= 0.6 is 15.9 Å². The molecule has 0 saturated carbocycles. The Morgan fingerprint density at radius 1 is 1.26 bits per heavy atom. The number of hydrogen-bond acceptors (Lipinski definition) is 3. The first-order chi connectivity index (χ1) is 8.90. The summed E-state index contributed by atoms with van der Waals surface area (Å²) in [6.07, 6.45) is -0.0528. The molecular weight excluding hydrogens is 306 g/mol. The first-order valence-electron chi connectivity index (χ1n) is 6.20. The summed E-state index contributed by atoms with van der Waals surface area (Å²) in [5.74, 6) is 0. The molecule has 0 aromatic carbocycles. The summed E-state index contributed by atoms with van der Waals surface area (Å²) < 4.78 is 2.77. The molecule has 2 rings (SSSR count). The van der Waals surface area contributed by atoms with Crippen molar-refractivity contribution in [2.75, 3.05) is 0 Å². The summed E-state index contributed by atoms with van der Waals surface area (Å²) in [5.41, 5.74) is 4.64. The van der Waals surface area contributed by atoms with Crippen LogP contribution in [0.4, 0.5) is 0 Å². The van der Waals surface area contributed by atoms with E-state index in [0.717, 1.165) is 32.8 Å². The van der Waals surface area contributed by atoms with Gasteiger partial charge in [0.25, 0.3) is 0 Å². The summed E-state index contributed by atoms with van der Waals surface area (Å²) in [5, 5.41) is 14.7. The maximum Gasteiger partial charge on any atom is 0.0863 e. The maximum atomic E-state index is 10.4. The molecule has 0 aliphatic heterocycles. The second kappa shape index (κ2) is 5.43. The van der Waals surface area contributed by atoms with Crippen LogP contribution in [0.2, 0.25) is 0 Å². The Labute approximate surface area is 121 Å². The van der Waals surface area contributed by atoms with E-state index >= 15 is 0 Å². The van der Waals surface area contributed by atoms with E-state index in [2.05, 4.69) is 26.0 Å². The fourth-order valence-electron chi connectivity index (χ4n) is 2.24. The van der Waals surface area contributed by atoms with Crippen LogP contribution in [0, 0.1) is 20.8 Å². The van der Waals surface area contributed by atoms with Gasteiger partial charge in [0, 0.05) is 30.4 Å². The van der Waals surface area contributed by atoms with Gasteiger partial charge in [-0.05, 0) is 42.8 Å². The van der Waals surface area contributed by atoms with E-state index < -0.39 is 6.10 Å². The lowest BCUT2D eigenvalue weighted by Crippen LogP contribution is -2.09. The van der Waals surface area contributed by atoms with Gasteiger partial charge in [0.1, 0.15) is 0 Å². The summed E-state index contributed by atoms with van der Waals surface area (Å²) in [6.45, 7) is 5.82. The summed E-state index contributed by atoms with van der Waals surface area (Å²) in [7, 11) is 1.89. The molecule has 1 N–H and O–H groups in total. The third-order valence-corrected chi connectivity index (χ3v) is 4.30. The van der Waals surface area contributed by atoms with Crippen molar-refractivity contribution in [3.8, 4) is 0 Å². The molecular formula is C14H18BrN3O. The van der Waals surface area contributed by atoms with E-state index in [-0.39, 0.29) is 0 Å². The lowest BCUT2D eigenvalue weighted by molar-refractivity contribution is 0.174. The van der Waals surface area contributed by atoms with E-state index in [1.165, 1.54) is 0 Å². The highest BCUT2D eigenvalue weighted by Crippen LogP contribution is 2.26. The van der Waals surface area contributed by atoms with Crippen molar-refractivity contribution in [3.05, 3.63) is 44.9 Å². The molecule has 2 aromatic heterocycles. The molecule has 0 spiro atoms. The third-order valence-electron chi connectivity index (χ3n) is 3.27. The number of halogens is 1. The maximum absolute atomic E-state index is 10.4. The van der Waals surface area contributed by atoms with Crippen LogP contribution in [0.15, 0.2) is 16.6 Å². The molecule has 4 nitrogen and oxygen atoms in total. The molecule has 0 fully saturated rings. The van der Waals surface area contributed by atoms with Gasteiger partial charge in [-0.2, -0.15) is 5.10 Å². The van der Waals surface area contributed by atoms with E-state index in [0.29, 0.717) is 6.42 Å². The smallest absolute Gasteiger partial charge is 0.0863 e. The minimum atomic E-state index is -0.570. The number of hydrogen-bond donors (Lipinski definition) is 1. The van der Waals surface area contributed by atoms with Gasteiger partial charge in [0.15, 0.2) is 0 Å². The summed E-state index contributed by atoms with van der Waals surface area (Å²) in [6, 6.07) is 3.87. The predicted molar refractivity (Wildman–Crippen MR) is 78.0 cm³/mol. The number of pyridine rings is 1. The van der Waals surface area contributed by atoms with Crippen LogP contribution in [-0.2, 0) is 13.5 Å². The topological polar surface area (TPSA) is 50.9 Å². The zero-order valence-electron chi connectivity index (χ0n) is 11.6. The molecule has 0 saturated heterocycles. The van der Waals surface area contributed by atoms with Crippen LogP contribution < -0.4 is 0 Å². The molecule has 1 unspecified atom stereocenters. The van der Waals surface area contributed by atoms with Gasteiger partial charge >= 0.3 is 0 Å². The van der Waals surface area contributed by atoms with Crippen LogP contribution in [0.3, 0.4) is 0 Å². The van der Waals surface area contributed by atoms with Gasteiger partial charge in [-0.3, -0.25) is 9.67 Å². The average molecular weight is 324 g/mol. The zero-order chi connectivity index (χ0) is 14.2. The normalized spacial score (nSPS) is 12.7. The second-order valence-corrected chi connectivity index (χ2v) is 5.61. The van der Waals surface area contributed by atoms with Gasteiger partial charge in [-0.15, -0.1) is 0 Å². The molecule has 0 aliphatic carbocycles. The number of aromatic nitrogens is 3. The van der Waals surface area contributed by atoms with Gasteiger partial charge in [-0.1, -0.05) is 6.07 Å². The number of nitrogens with zero attached hydrogens (tertiary/aromatic N) is 3. The monoisotopic (exact) mass is 323 g/mol. The molecule has 1 atom stereocenters. The van der Waals surface area contributed by atoms with Crippen molar-refractivity contribution < 1.29 is 5.11 Å². The Bertz CT molecular complexity index is 607. The third kappa shape index (κ3) is 2.87. The van der Waals surface area contributed by atoms with Gasteiger partial charge < -0.3 is 5.11 Å². The molecule has 2 heterocycles. The Kier molecular flexibility index (Phi) is 4.06. The molecule has 5 heteroatoms. The number of aryl methyl sites for hydroxylation is 4. The summed E-state index contributed by atoms with van der Waals surface area (Å²) in [4.78, 5) is 4.39. The average Bonchev–Trinajstić information content (AvgIpc) is 2.56. The standard InChI is InChI=1S/C14H18BrN3O/c1-8-5-6-11(9(2)16-8)13(19)7-12-14(15)10(3)17-18(12)4/h5-6,13,19H,7H2,1-4H3. The van der Waals surface area contributed by atoms with Crippen LogP contribution in [0.1, 0.15) is 34.4 Å². The van der Waals surface area contributed by atoms with Crippen molar-refractivity contribution in [1.82, 2.24) is 14.8 Å². The minimum absolute atomic E-state index is 0.517. The van der Waals surface area contributed by atoms with Crippen molar-refractivity contribution in [3.63, 3.8) is 0 Å². The number of aliphatic hydroxyl groups excluding tert-OH is 1. The van der Waals surface area contributed by atoms with Crippen LogP contribution in [0.5, 0.6) is 0 Å². The van der Waals surface area contributed by atoms with Gasteiger partial charge in [-0.25, -0.2) is 0 Å². The first kappa shape index (κ1) is 14.2. The molecule has 0 aliphatic rings. The zero-order valence-corrected chi connectivity index (χ0v) is 13.2. The largest absolute Gasteiger partial charge is 0.388 e. The Balaban J connectivity index is 2.28.